The van der Waals surface area contributed by atoms with E-state index in [4.69, 9.17) is 14.8 Å². The summed E-state index contributed by atoms with van der Waals surface area (Å²) in [5.74, 6) is -0.502. The van der Waals surface area contributed by atoms with Gasteiger partial charge in [-0.2, -0.15) is 0 Å². The number of hydrogen-bond donors (Lipinski definition) is 2. The second-order valence-electron chi connectivity index (χ2n) is 4.20. The molecule has 0 fully saturated rings. The number of benzene rings is 1. The van der Waals surface area contributed by atoms with Crippen molar-refractivity contribution in [2.75, 3.05) is 0 Å². The molecule has 98 valence electrons. The first-order chi connectivity index (χ1) is 9.08. The van der Waals surface area contributed by atoms with E-state index in [0.717, 1.165) is 5.56 Å². The largest absolute Gasteiger partial charge is 0.490 e. The fourth-order valence-corrected chi connectivity index (χ4v) is 1.73. The molecular weight excluding hydrogens is 245 g/mol. The van der Waals surface area contributed by atoms with Gasteiger partial charge in [-0.1, -0.05) is 30.3 Å². The van der Waals surface area contributed by atoms with Gasteiger partial charge in [0.25, 0.3) is 0 Å². The summed E-state index contributed by atoms with van der Waals surface area (Å²) in [5, 5.41) is 18.1. The van der Waals surface area contributed by atoms with E-state index in [-0.39, 0.29) is 17.8 Å². The molecule has 0 amide bonds. The maximum absolute atomic E-state index is 11.9. The highest BCUT2D eigenvalue weighted by Crippen LogP contribution is 2.06. The SMILES string of the molecule is Cn1cc(B(O)O)cc1C(=O)OCc1ccccc1. The molecule has 0 saturated heterocycles. The number of aromatic nitrogens is 1. The Morgan fingerprint density at radius 1 is 1.32 bits per heavy atom. The van der Waals surface area contributed by atoms with E-state index in [1.54, 1.807) is 7.05 Å². The van der Waals surface area contributed by atoms with Crippen molar-refractivity contribution < 1.29 is 19.6 Å². The summed E-state index contributed by atoms with van der Waals surface area (Å²) >= 11 is 0. The van der Waals surface area contributed by atoms with Crippen LogP contribution in [-0.4, -0.2) is 27.7 Å². The number of carbonyl (C=O) groups excluding carboxylic acids is 1. The first kappa shape index (κ1) is 13.4. The Morgan fingerprint density at radius 3 is 2.58 bits per heavy atom. The van der Waals surface area contributed by atoms with Crippen LogP contribution in [0.5, 0.6) is 0 Å². The fourth-order valence-electron chi connectivity index (χ4n) is 1.73. The summed E-state index contributed by atoms with van der Waals surface area (Å²) in [7, 11) is 0.0484. The molecule has 5 nitrogen and oxygen atoms in total. The minimum Gasteiger partial charge on any atom is -0.456 e. The first-order valence-corrected chi connectivity index (χ1v) is 5.81. The third kappa shape index (κ3) is 3.24. The number of ether oxygens (including phenoxy) is 1. The van der Waals surface area contributed by atoms with Crippen molar-refractivity contribution in [1.82, 2.24) is 4.57 Å². The number of aryl methyl sites for hydroxylation is 1. The van der Waals surface area contributed by atoms with Crippen molar-refractivity contribution in [3.05, 3.63) is 53.9 Å². The normalized spacial score (nSPS) is 10.3. The molecule has 1 aromatic heterocycles. The Labute approximate surface area is 111 Å². The lowest BCUT2D eigenvalue weighted by atomic mass is 9.82. The van der Waals surface area contributed by atoms with Crippen LogP contribution in [-0.2, 0) is 18.4 Å². The van der Waals surface area contributed by atoms with Crippen molar-refractivity contribution in [3.63, 3.8) is 0 Å². The summed E-state index contributed by atoms with van der Waals surface area (Å²) in [6, 6.07) is 10.7. The molecule has 2 aromatic rings. The van der Waals surface area contributed by atoms with E-state index >= 15 is 0 Å². The van der Waals surface area contributed by atoms with Crippen LogP contribution in [0.25, 0.3) is 0 Å². The minimum atomic E-state index is -1.60. The van der Waals surface area contributed by atoms with Crippen LogP contribution < -0.4 is 5.46 Å². The highest BCUT2D eigenvalue weighted by atomic mass is 16.5. The van der Waals surface area contributed by atoms with Gasteiger partial charge in [-0.3, -0.25) is 0 Å². The molecule has 0 atom stereocenters. The lowest BCUT2D eigenvalue weighted by Crippen LogP contribution is -2.28. The molecule has 0 radical (unpaired) electrons. The average Bonchev–Trinajstić information content (AvgIpc) is 2.80. The lowest BCUT2D eigenvalue weighted by Gasteiger charge is -2.05. The highest BCUT2D eigenvalue weighted by molar-refractivity contribution is 6.58. The molecule has 0 spiro atoms. The average molecular weight is 259 g/mol. The summed E-state index contributed by atoms with van der Waals surface area (Å²) in [4.78, 5) is 11.9. The number of carbonyl (C=O) groups is 1. The van der Waals surface area contributed by atoms with E-state index in [1.165, 1.54) is 16.8 Å². The van der Waals surface area contributed by atoms with Gasteiger partial charge >= 0.3 is 13.1 Å². The predicted octanol–water partition coefficient (Wildman–Crippen LogP) is 0.0619. The fraction of sp³-hybridized carbons (Fsp3) is 0.154. The highest BCUT2D eigenvalue weighted by Gasteiger charge is 2.19. The molecule has 2 rings (SSSR count). The molecular formula is C13H14BNO4. The molecule has 0 aliphatic rings. The zero-order chi connectivity index (χ0) is 13.8. The summed E-state index contributed by atoms with van der Waals surface area (Å²) in [5.41, 5.74) is 1.43. The Balaban J connectivity index is 2.04. The van der Waals surface area contributed by atoms with E-state index in [0.29, 0.717) is 0 Å². The predicted molar refractivity (Wildman–Crippen MR) is 70.8 cm³/mol. The zero-order valence-electron chi connectivity index (χ0n) is 10.5. The van der Waals surface area contributed by atoms with Crippen LogP contribution in [0, 0.1) is 0 Å². The number of hydrogen-bond acceptors (Lipinski definition) is 4. The Hall–Kier alpha value is -2.05. The van der Waals surface area contributed by atoms with Crippen LogP contribution >= 0.6 is 0 Å². The Bertz CT molecular complexity index is 565. The Kier molecular flexibility index (Phi) is 4.04. The van der Waals surface area contributed by atoms with Gasteiger partial charge in [0, 0.05) is 18.7 Å². The van der Waals surface area contributed by atoms with Gasteiger partial charge in [0.05, 0.1) is 0 Å². The quantitative estimate of drug-likeness (QED) is 0.601. The van der Waals surface area contributed by atoms with Gasteiger partial charge in [0.2, 0.25) is 0 Å². The molecule has 1 heterocycles. The van der Waals surface area contributed by atoms with Gasteiger partial charge in [-0.05, 0) is 11.6 Å². The standard InChI is InChI=1S/C13H14BNO4/c1-15-8-11(14(17)18)7-12(15)13(16)19-9-10-5-3-2-4-6-10/h2-8,17-18H,9H2,1H3. The van der Waals surface area contributed by atoms with E-state index < -0.39 is 13.1 Å². The van der Waals surface area contributed by atoms with Crippen molar-refractivity contribution in [2.24, 2.45) is 7.05 Å². The van der Waals surface area contributed by atoms with E-state index in [1.807, 2.05) is 30.3 Å². The van der Waals surface area contributed by atoms with Crippen LogP contribution in [0.3, 0.4) is 0 Å². The smallest absolute Gasteiger partial charge is 0.456 e. The minimum absolute atomic E-state index is 0.182. The topological polar surface area (TPSA) is 71.7 Å². The summed E-state index contributed by atoms with van der Waals surface area (Å²) < 4.78 is 6.67. The lowest BCUT2D eigenvalue weighted by molar-refractivity contribution is 0.0461. The Morgan fingerprint density at radius 2 is 2.00 bits per heavy atom. The zero-order valence-corrected chi connectivity index (χ0v) is 10.5. The monoisotopic (exact) mass is 259 g/mol. The second kappa shape index (κ2) is 5.73. The van der Waals surface area contributed by atoms with Crippen molar-refractivity contribution >= 4 is 18.6 Å². The third-order valence-electron chi connectivity index (χ3n) is 2.75. The molecule has 2 N–H and O–H groups in total. The van der Waals surface area contributed by atoms with Gasteiger partial charge in [0.15, 0.2) is 0 Å². The molecule has 0 bridgehead atoms. The number of nitrogens with zero attached hydrogens (tertiary/aromatic N) is 1. The van der Waals surface area contributed by atoms with Gasteiger partial charge in [0.1, 0.15) is 12.3 Å². The molecule has 0 saturated carbocycles. The molecule has 6 heteroatoms. The third-order valence-corrected chi connectivity index (χ3v) is 2.75. The van der Waals surface area contributed by atoms with Gasteiger partial charge < -0.3 is 19.4 Å². The van der Waals surface area contributed by atoms with Crippen LogP contribution in [0.2, 0.25) is 0 Å². The summed E-state index contributed by atoms with van der Waals surface area (Å²) in [6.07, 6.45) is 1.48. The van der Waals surface area contributed by atoms with Crippen LogP contribution in [0.4, 0.5) is 0 Å². The van der Waals surface area contributed by atoms with Crippen LogP contribution in [0.15, 0.2) is 42.6 Å². The molecule has 0 unspecified atom stereocenters. The van der Waals surface area contributed by atoms with Gasteiger partial charge in [-0.25, -0.2) is 4.79 Å². The van der Waals surface area contributed by atoms with Gasteiger partial charge in [-0.15, -0.1) is 0 Å². The van der Waals surface area contributed by atoms with Crippen molar-refractivity contribution in [1.29, 1.82) is 0 Å². The van der Waals surface area contributed by atoms with E-state index in [9.17, 15) is 4.79 Å². The molecule has 0 aliphatic carbocycles. The van der Waals surface area contributed by atoms with Crippen molar-refractivity contribution in [2.45, 2.75) is 6.61 Å². The van der Waals surface area contributed by atoms with Crippen molar-refractivity contribution in [3.8, 4) is 0 Å². The van der Waals surface area contributed by atoms with Crippen LogP contribution in [0.1, 0.15) is 16.1 Å². The number of esters is 1. The number of rotatable bonds is 4. The maximum Gasteiger partial charge on any atom is 0.490 e. The molecule has 19 heavy (non-hydrogen) atoms. The van der Waals surface area contributed by atoms with E-state index in [2.05, 4.69) is 0 Å². The molecule has 0 aliphatic heterocycles. The first-order valence-electron chi connectivity index (χ1n) is 5.81. The maximum atomic E-state index is 11.9. The second-order valence-corrected chi connectivity index (χ2v) is 4.20. The summed E-state index contributed by atoms with van der Waals surface area (Å²) in [6.45, 7) is 0.182. The molecule has 1 aromatic carbocycles.